The predicted molar refractivity (Wildman–Crippen MR) is 127 cm³/mol. The second-order valence-corrected chi connectivity index (χ2v) is 8.11. The van der Waals surface area contributed by atoms with E-state index in [1.807, 2.05) is 36.4 Å². The normalized spacial score (nSPS) is 13.8. The van der Waals surface area contributed by atoms with Crippen LogP contribution in [0.2, 0.25) is 0 Å². The molecule has 34 heavy (non-hydrogen) atoms. The number of benzene rings is 3. The van der Waals surface area contributed by atoms with Crippen LogP contribution in [0.5, 0.6) is 5.75 Å². The van der Waals surface area contributed by atoms with Gasteiger partial charge in [0.2, 0.25) is 0 Å². The van der Waals surface area contributed by atoms with Crippen LogP contribution in [0.15, 0.2) is 78.9 Å². The summed E-state index contributed by atoms with van der Waals surface area (Å²) in [5.41, 5.74) is 1.86. The van der Waals surface area contributed by atoms with Gasteiger partial charge < -0.3 is 15.0 Å². The molecule has 0 atom stereocenters. The number of nitro benzene ring substituents is 1. The first-order chi connectivity index (χ1) is 16.5. The third kappa shape index (κ3) is 5.58. The van der Waals surface area contributed by atoms with E-state index in [1.54, 1.807) is 23.1 Å². The van der Waals surface area contributed by atoms with Gasteiger partial charge in [0.1, 0.15) is 12.4 Å². The van der Waals surface area contributed by atoms with Gasteiger partial charge in [-0.05, 0) is 42.7 Å². The maximum absolute atomic E-state index is 12.9. The maximum Gasteiger partial charge on any atom is 0.269 e. The lowest BCUT2D eigenvalue weighted by Gasteiger charge is -2.32. The Morgan fingerprint density at radius 3 is 2.26 bits per heavy atom. The van der Waals surface area contributed by atoms with Crippen molar-refractivity contribution in [2.45, 2.75) is 25.5 Å². The van der Waals surface area contributed by atoms with Crippen molar-refractivity contribution in [3.05, 3.63) is 106 Å². The molecule has 1 heterocycles. The number of rotatable bonds is 7. The first-order valence-corrected chi connectivity index (χ1v) is 11.1. The van der Waals surface area contributed by atoms with E-state index in [0.717, 1.165) is 5.56 Å². The molecule has 3 aromatic carbocycles. The fourth-order valence-electron chi connectivity index (χ4n) is 3.91. The lowest BCUT2D eigenvalue weighted by atomic mass is 10.0. The Morgan fingerprint density at radius 2 is 1.59 bits per heavy atom. The van der Waals surface area contributed by atoms with Crippen molar-refractivity contribution < 1.29 is 19.2 Å². The zero-order valence-corrected chi connectivity index (χ0v) is 18.6. The summed E-state index contributed by atoms with van der Waals surface area (Å²) in [5, 5.41) is 13.9. The van der Waals surface area contributed by atoms with Crippen molar-refractivity contribution >= 4 is 17.5 Å². The number of nitrogens with one attached hydrogen (secondary N) is 1. The molecule has 0 bridgehead atoms. The Hall–Kier alpha value is -4.20. The van der Waals surface area contributed by atoms with E-state index >= 15 is 0 Å². The van der Waals surface area contributed by atoms with E-state index in [-0.39, 0.29) is 23.5 Å². The lowest BCUT2D eigenvalue weighted by Crippen LogP contribution is -2.46. The van der Waals surface area contributed by atoms with Gasteiger partial charge in [0.05, 0.1) is 10.5 Å². The molecular formula is C26H25N3O5. The molecule has 8 heteroatoms. The summed E-state index contributed by atoms with van der Waals surface area (Å²) in [6.07, 6.45) is 1.25. The number of para-hydroxylation sites is 1. The van der Waals surface area contributed by atoms with Crippen molar-refractivity contribution in [3.63, 3.8) is 0 Å². The summed E-state index contributed by atoms with van der Waals surface area (Å²) in [4.78, 5) is 37.7. The first-order valence-electron chi connectivity index (χ1n) is 11.1. The van der Waals surface area contributed by atoms with Crippen LogP contribution in [0.25, 0.3) is 0 Å². The molecular weight excluding hydrogens is 434 g/mol. The average molecular weight is 460 g/mol. The van der Waals surface area contributed by atoms with Crippen molar-refractivity contribution in [1.82, 2.24) is 10.2 Å². The van der Waals surface area contributed by atoms with E-state index in [0.29, 0.717) is 49.4 Å². The highest BCUT2D eigenvalue weighted by Gasteiger charge is 2.26. The zero-order valence-electron chi connectivity index (χ0n) is 18.6. The van der Waals surface area contributed by atoms with Crippen molar-refractivity contribution in [1.29, 1.82) is 0 Å². The second kappa shape index (κ2) is 10.6. The van der Waals surface area contributed by atoms with Gasteiger partial charge in [0, 0.05) is 36.8 Å². The van der Waals surface area contributed by atoms with Gasteiger partial charge in [-0.1, -0.05) is 42.5 Å². The molecule has 3 aromatic rings. The molecule has 1 saturated heterocycles. The van der Waals surface area contributed by atoms with Gasteiger partial charge in [0.15, 0.2) is 0 Å². The Balaban J connectivity index is 1.31. The van der Waals surface area contributed by atoms with Crippen LogP contribution >= 0.6 is 0 Å². The number of nitrogens with zero attached hydrogens (tertiary/aromatic N) is 2. The molecule has 0 spiro atoms. The lowest BCUT2D eigenvalue weighted by molar-refractivity contribution is -0.384. The van der Waals surface area contributed by atoms with E-state index < -0.39 is 4.92 Å². The van der Waals surface area contributed by atoms with Gasteiger partial charge in [-0.2, -0.15) is 0 Å². The fourth-order valence-corrected chi connectivity index (χ4v) is 3.91. The van der Waals surface area contributed by atoms with Gasteiger partial charge in [-0.25, -0.2) is 0 Å². The number of carbonyl (C=O) groups is 2. The number of carbonyl (C=O) groups excluding carboxylic acids is 2. The summed E-state index contributed by atoms with van der Waals surface area (Å²) >= 11 is 0. The number of amides is 2. The molecule has 1 aliphatic rings. The van der Waals surface area contributed by atoms with Crippen LogP contribution in [0.3, 0.4) is 0 Å². The van der Waals surface area contributed by atoms with Gasteiger partial charge in [0.25, 0.3) is 17.5 Å². The minimum absolute atomic E-state index is 0.0500. The number of non-ortho nitro benzene ring substituents is 1. The van der Waals surface area contributed by atoms with Gasteiger partial charge in [-0.15, -0.1) is 0 Å². The first kappa shape index (κ1) is 23.0. The summed E-state index contributed by atoms with van der Waals surface area (Å²) < 4.78 is 5.90. The van der Waals surface area contributed by atoms with E-state index in [4.69, 9.17) is 4.74 Å². The quantitative estimate of drug-likeness (QED) is 0.421. The Kier molecular flexibility index (Phi) is 7.17. The monoisotopic (exact) mass is 459 g/mol. The third-order valence-corrected chi connectivity index (χ3v) is 5.81. The molecule has 8 nitrogen and oxygen atoms in total. The van der Waals surface area contributed by atoms with E-state index in [1.165, 1.54) is 24.3 Å². The topological polar surface area (TPSA) is 102 Å². The van der Waals surface area contributed by atoms with Gasteiger partial charge in [-0.3, -0.25) is 19.7 Å². The molecule has 0 radical (unpaired) electrons. The zero-order chi connectivity index (χ0) is 23.9. The van der Waals surface area contributed by atoms with Crippen molar-refractivity contribution in [2.75, 3.05) is 13.1 Å². The highest BCUT2D eigenvalue weighted by Crippen LogP contribution is 2.21. The highest BCUT2D eigenvalue weighted by atomic mass is 16.6. The Bertz CT molecular complexity index is 1160. The molecule has 0 unspecified atom stereocenters. The summed E-state index contributed by atoms with van der Waals surface area (Å²) in [5.74, 6) is 0.151. The number of likely N-dealkylation sites (tertiary alicyclic amines) is 1. The van der Waals surface area contributed by atoms with E-state index in [9.17, 15) is 19.7 Å². The highest BCUT2D eigenvalue weighted by molar-refractivity contribution is 5.97. The Morgan fingerprint density at radius 1 is 0.941 bits per heavy atom. The van der Waals surface area contributed by atoms with Crippen LogP contribution in [-0.2, 0) is 6.61 Å². The number of nitro groups is 1. The third-order valence-electron chi connectivity index (χ3n) is 5.81. The van der Waals surface area contributed by atoms with Crippen LogP contribution < -0.4 is 10.1 Å². The molecule has 0 aromatic heterocycles. The van der Waals surface area contributed by atoms with Crippen LogP contribution in [0.1, 0.15) is 39.1 Å². The maximum atomic E-state index is 12.9. The second-order valence-electron chi connectivity index (χ2n) is 8.11. The molecule has 1 aliphatic heterocycles. The summed E-state index contributed by atoms with van der Waals surface area (Å²) in [6, 6.07) is 22.5. The largest absolute Gasteiger partial charge is 0.488 e. The van der Waals surface area contributed by atoms with Crippen molar-refractivity contribution in [3.8, 4) is 5.75 Å². The van der Waals surface area contributed by atoms with E-state index in [2.05, 4.69) is 5.32 Å². The van der Waals surface area contributed by atoms with Crippen LogP contribution in [0, 0.1) is 10.1 Å². The van der Waals surface area contributed by atoms with Crippen LogP contribution in [0.4, 0.5) is 5.69 Å². The molecule has 4 rings (SSSR count). The fraction of sp³-hybridized carbons (Fsp3) is 0.231. The molecule has 0 aliphatic carbocycles. The SMILES string of the molecule is O=C(NC1CCN(C(=O)c2ccc([N+](=O)[O-])cc2)CC1)c1ccccc1OCc1ccccc1. The number of piperidine rings is 1. The summed E-state index contributed by atoms with van der Waals surface area (Å²) in [7, 11) is 0. The molecule has 0 saturated carbocycles. The van der Waals surface area contributed by atoms with Crippen molar-refractivity contribution in [2.24, 2.45) is 0 Å². The number of hydrogen-bond acceptors (Lipinski definition) is 5. The minimum atomic E-state index is -0.493. The molecule has 174 valence electrons. The summed E-state index contributed by atoms with van der Waals surface area (Å²) in [6.45, 7) is 1.36. The molecule has 1 N–H and O–H groups in total. The molecule has 2 amide bonds. The van der Waals surface area contributed by atoms with Gasteiger partial charge >= 0.3 is 0 Å². The number of hydrogen-bond donors (Lipinski definition) is 1. The Labute approximate surface area is 197 Å². The standard InChI is InChI=1S/C26H25N3O5/c30-25(23-8-4-5-9-24(23)34-18-19-6-2-1-3-7-19)27-21-14-16-28(17-15-21)26(31)20-10-12-22(13-11-20)29(32)33/h1-13,21H,14-18H2,(H,27,30). The smallest absolute Gasteiger partial charge is 0.269 e. The number of ether oxygens (including phenoxy) is 1. The predicted octanol–water partition coefficient (Wildman–Crippen LogP) is 4.21. The van der Waals surface area contributed by atoms with Crippen LogP contribution in [-0.4, -0.2) is 40.8 Å². The minimum Gasteiger partial charge on any atom is -0.488 e. The molecule has 1 fully saturated rings. The average Bonchev–Trinajstić information content (AvgIpc) is 2.88.